The quantitative estimate of drug-likeness (QED) is 0.710. The average molecular weight is 357 g/mol. The average Bonchev–Trinajstić information content (AvgIpc) is 2.58. The van der Waals surface area contributed by atoms with Gasteiger partial charge in [0.1, 0.15) is 18.1 Å². The maximum absolute atomic E-state index is 12.3. The Morgan fingerprint density at radius 2 is 1.65 bits per heavy atom. The molecule has 0 fully saturated rings. The van der Waals surface area contributed by atoms with Crippen LogP contribution in [0.3, 0.4) is 0 Å². The Labute approximate surface area is 152 Å². The highest BCUT2D eigenvalue weighted by Crippen LogP contribution is 2.24. The van der Waals surface area contributed by atoms with Crippen LogP contribution in [-0.4, -0.2) is 36.7 Å². The molecule has 0 aliphatic carbocycles. The van der Waals surface area contributed by atoms with Gasteiger partial charge in [-0.3, -0.25) is 4.79 Å². The van der Waals surface area contributed by atoms with Crippen molar-refractivity contribution < 1.29 is 24.2 Å². The monoisotopic (exact) mass is 357 g/mol. The molecule has 0 aliphatic rings. The number of aliphatic carboxylic acids is 1. The molecule has 0 spiro atoms. The third kappa shape index (κ3) is 5.24. The van der Waals surface area contributed by atoms with Gasteiger partial charge in [0.05, 0.1) is 6.54 Å². The zero-order valence-electron chi connectivity index (χ0n) is 15.2. The number of carboxylic acids is 1. The summed E-state index contributed by atoms with van der Waals surface area (Å²) >= 11 is 0. The van der Waals surface area contributed by atoms with Gasteiger partial charge in [-0.2, -0.15) is 0 Å². The molecule has 2 aromatic carbocycles. The van der Waals surface area contributed by atoms with Gasteiger partial charge in [0.2, 0.25) is 0 Å². The van der Waals surface area contributed by atoms with Gasteiger partial charge in [-0.1, -0.05) is 18.2 Å². The lowest BCUT2D eigenvalue weighted by atomic mass is 10.1. The minimum absolute atomic E-state index is 0.214. The van der Waals surface area contributed by atoms with E-state index in [1.165, 1.54) is 0 Å². The van der Waals surface area contributed by atoms with Crippen molar-refractivity contribution in [3.63, 3.8) is 0 Å². The van der Waals surface area contributed by atoms with Crippen molar-refractivity contribution >= 4 is 11.9 Å². The van der Waals surface area contributed by atoms with Crippen molar-refractivity contribution in [2.75, 3.05) is 19.8 Å². The van der Waals surface area contributed by atoms with Crippen LogP contribution in [0.1, 0.15) is 27.0 Å². The van der Waals surface area contributed by atoms with Crippen LogP contribution in [0.4, 0.5) is 0 Å². The van der Waals surface area contributed by atoms with Gasteiger partial charge in [-0.05, 0) is 55.7 Å². The summed E-state index contributed by atoms with van der Waals surface area (Å²) in [5.41, 5.74) is 2.97. The first-order valence-electron chi connectivity index (χ1n) is 8.31. The third-order valence-electron chi connectivity index (χ3n) is 3.80. The predicted octanol–water partition coefficient (Wildman–Crippen LogP) is 2.88. The predicted molar refractivity (Wildman–Crippen MR) is 98.1 cm³/mol. The van der Waals surface area contributed by atoms with Gasteiger partial charge < -0.3 is 19.9 Å². The summed E-state index contributed by atoms with van der Waals surface area (Å²) in [6, 6.07) is 11.1. The number of nitrogens with one attached hydrogen (secondary N) is 1. The smallest absolute Gasteiger partial charge is 0.341 e. The molecular formula is C20H23NO5. The Morgan fingerprint density at radius 1 is 1.00 bits per heavy atom. The third-order valence-corrected chi connectivity index (χ3v) is 3.80. The van der Waals surface area contributed by atoms with Crippen molar-refractivity contribution in [3.8, 4) is 11.5 Å². The number of ether oxygens (including phenoxy) is 2. The number of benzene rings is 2. The summed E-state index contributed by atoms with van der Waals surface area (Å²) in [6.07, 6.45) is 0. The van der Waals surface area contributed by atoms with Crippen molar-refractivity contribution in [1.82, 2.24) is 5.32 Å². The van der Waals surface area contributed by atoms with Crippen molar-refractivity contribution in [2.24, 2.45) is 0 Å². The Balaban J connectivity index is 1.91. The molecule has 26 heavy (non-hydrogen) atoms. The summed E-state index contributed by atoms with van der Waals surface area (Å²) in [5.74, 6) is 0.0360. The van der Waals surface area contributed by atoms with Crippen molar-refractivity contribution in [1.29, 1.82) is 0 Å². The normalized spacial score (nSPS) is 10.3. The number of amides is 1. The van der Waals surface area contributed by atoms with E-state index in [0.717, 1.165) is 11.3 Å². The summed E-state index contributed by atoms with van der Waals surface area (Å²) in [5, 5.41) is 11.5. The lowest BCUT2D eigenvalue weighted by Gasteiger charge is -2.13. The molecule has 2 aromatic rings. The van der Waals surface area contributed by atoms with Crippen LogP contribution in [-0.2, 0) is 4.79 Å². The van der Waals surface area contributed by atoms with E-state index in [1.54, 1.807) is 26.0 Å². The molecule has 0 heterocycles. The first-order chi connectivity index (χ1) is 12.4. The minimum atomic E-state index is -1.04. The zero-order valence-corrected chi connectivity index (χ0v) is 15.2. The van der Waals surface area contributed by atoms with Gasteiger partial charge in [0, 0.05) is 5.56 Å². The molecule has 138 valence electrons. The second-order valence-electron chi connectivity index (χ2n) is 5.99. The molecule has 0 atom stereocenters. The van der Waals surface area contributed by atoms with Crippen LogP contribution < -0.4 is 14.8 Å². The van der Waals surface area contributed by atoms with E-state index in [9.17, 15) is 9.59 Å². The van der Waals surface area contributed by atoms with E-state index in [-0.39, 0.29) is 5.91 Å². The fourth-order valence-electron chi connectivity index (χ4n) is 2.59. The molecule has 2 rings (SSSR count). The molecule has 2 N–H and O–H groups in total. The number of hydrogen-bond acceptors (Lipinski definition) is 4. The van der Waals surface area contributed by atoms with Gasteiger partial charge in [-0.25, -0.2) is 4.79 Å². The number of hydrogen-bond donors (Lipinski definition) is 2. The molecule has 0 unspecified atom stereocenters. The maximum atomic E-state index is 12.3. The molecular weight excluding hydrogens is 334 g/mol. The van der Waals surface area contributed by atoms with Gasteiger partial charge >= 0.3 is 5.97 Å². The number of carboxylic acid groups (broad SMARTS) is 1. The first-order valence-corrected chi connectivity index (χ1v) is 8.31. The van der Waals surface area contributed by atoms with Crippen LogP contribution in [0.2, 0.25) is 0 Å². The summed E-state index contributed by atoms with van der Waals surface area (Å²) in [6.45, 7) is 5.86. The molecule has 1 amide bonds. The standard InChI is InChI=1S/C20H23NO5/c1-13-6-4-5-7-17(13)25-9-8-21-20(24)16-10-14(2)19(15(3)11-16)26-12-18(22)23/h4-7,10-11H,8-9,12H2,1-3H3,(H,21,24)(H,22,23). The van der Waals surface area contributed by atoms with E-state index in [2.05, 4.69) is 5.32 Å². The number of carbonyl (C=O) groups excluding carboxylic acids is 1. The maximum Gasteiger partial charge on any atom is 0.341 e. The lowest BCUT2D eigenvalue weighted by molar-refractivity contribution is -0.139. The summed E-state index contributed by atoms with van der Waals surface area (Å²) < 4.78 is 10.9. The SMILES string of the molecule is Cc1ccccc1OCCNC(=O)c1cc(C)c(OCC(=O)O)c(C)c1. The Hall–Kier alpha value is -3.02. The van der Waals surface area contributed by atoms with Crippen LogP contribution in [0, 0.1) is 20.8 Å². The molecule has 6 nitrogen and oxygen atoms in total. The molecule has 0 radical (unpaired) electrons. The van der Waals surface area contributed by atoms with E-state index in [1.807, 2.05) is 31.2 Å². The minimum Gasteiger partial charge on any atom is -0.491 e. The highest BCUT2D eigenvalue weighted by molar-refractivity contribution is 5.94. The van der Waals surface area contributed by atoms with E-state index < -0.39 is 12.6 Å². The second-order valence-corrected chi connectivity index (χ2v) is 5.99. The largest absolute Gasteiger partial charge is 0.491 e. The molecule has 0 aromatic heterocycles. The Kier molecular flexibility index (Phi) is 6.60. The summed E-state index contributed by atoms with van der Waals surface area (Å²) in [4.78, 5) is 22.9. The second kappa shape index (κ2) is 8.89. The highest BCUT2D eigenvalue weighted by atomic mass is 16.5. The van der Waals surface area contributed by atoms with E-state index in [0.29, 0.717) is 35.6 Å². The number of rotatable bonds is 8. The van der Waals surface area contributed by atoms with Gasteiger partial charge in [0.15, 0.2) is 6.61 Å². The number of para-hydroxylation sites is 1. The van der Waals surface area contributed by atoms with Crippen LogP contribution in [0.5, 0.6) is 11.5 Å². The fraction of sp³-hybridized carbons (Fsp3) is 0.300. The Morgan fingerprint density at radius 3 is 2.27 bits per heavy atom. The van der Waals surface area contributed by atoms with Crippen LogP contribution >= 0.6 is 0 Å². The summed E-state index contributed by atoms with van der Waals surface area (Å²) in [7, 11) is 0. The van der Waals surface area contributed by atoms with Crippen molar-refractivity contribution in [2.45, 2.75) is 20.8 Å². The van der Waals surface area contributed by atoms with Crippen LogP contribution in [0.15, 0.2) is 36.4 Å². The topological polar surface area (TPSA) is 84.9 Å². The van der Waals surface area contributed by atoms with E-state index >= 15 is 0 Å². The Bertz CT molecular complexity index is 778. The first kappa shape index (κ1) is 19.3. The van der Waals surface area contributed by atoms with Gasteiger partial charge in [-0.15, -0.1) is 0 Å². The molecule has 0 saturated heterocycles. The van der Waals surface area contributed by atoms with Crippen LogP contribution in [0.25, 0.3) is 0 Å². The van der Waals surface area contributed by atoms with Crippen molar-refractivity contribution in [3.05, 3.63) is 58.7 Å². The number of aryl methyl sites for hydroxylation is 3. The lowest BCUT2D eigenvalue weighted by Crippen LogP contribution is -2.28. The fourth-order valence-corrected chi connectivity index (χ4v) is 2.59. The zero-order chi connectivity index (χ0) is 19.1. The molecule has 0 aliphatic heterocycles. The highest BCUT2D eigenvalue weighted by Gasteiger charge is 2.12. The molecule has 6 heteroatoms. The molecule has 0 bridgehead atoms. The van der Waals surface area contributed by atoms with E-state index in [4.69, 9.17) is 14.6 Å². The van der Waals surface area contributed by atoms with Gasteiger partial charge in [0.25, 0.3) is 5.91 Å². The molecule has 0 saturated carbocycles. The number of carbonyl (C=O) groups is 2.